The van der Waals surface area contributed by atoms with Crippen LogP contribution in [0.3, 0.4) is 0 Å². The number of carbonyl (C=O) groups is 2. The van der Waals surface area contributed by atoms with E-state index < -0.39 is 6.17 Å². The Labute approximate surface area is 194 Å². The Morgan fingerprint density at radius 1 is 0.788 bits per heavy atom. The van der Waals surface area contributed by atoms with Crippen molar-refractivity contribution in [1.82, 2.24) is 10.6 Å². The first-order chi connectivity index (χ1) is 15.9. The number of aryl methyl sites for hydroxylation is 2. The number of nitrogens with one attached hydrogen (secondary N) is 2. The highest BCUT2D eigenvalue weighted by Crippen LogP contribution is 2.30. The summed E-state index contributed by atoms with van der Waals surface area (Å²) in [4.78, 5) is 25.9. The van der Waals surface area contributed by atoms with Crippen molar-refractivity contribution in [2.24, 2.45) is 0 Å². The maximum absolute atomic E-state index is 13.0. The van der Waals surface area contributed by atoms with E-state index in [0.29, 0.717) is 34.8 Å². The van der Waals surface area contributed by atoms with Gasteiger partial charge >= 0.3 is 0 Å². The zero-order valence-corrected chi connectivity index (χ0v) is 19.5. The number of hydrogen-bond donors (Lipinski definition) is 2. The predicted octanol–water partition coefficient (Wildman–Crippen LogP) is 4.96. The van der Waals surface area contributed by atoms with Crippen molar-refractivity contribution in [2.75, 3.05) is 13.7 Å². The quantitative estimate of drug-likeness (QED) is 0.456. The van der Waals surface area contributed by atoms with Gasteiger partial charge in [-0.1, -0.05) is 48.4 Å². The Hall–Kier alpha value is -3.80. The molecule has 0 heterocycles. The molecule has 0 aliphatic heterocycles. The number of amides is 2. The van der Waals surface area contributed by atoms with Crippen molar-refractivity contribution >= 4 is 11.8 Å². The van der Waals surface area contributed by atoms with Crippen molar-refractivity contribution in [3.63, 3.8) is 0 Å². The number of ether oxygens (including phenoxy) is 2. The summed E-state index contributed by atoms with van der Waals surface area (Å²) < 4.78 is 11.2. The fraction of sp³-hybridized carbons (Fsp3) is 0.259. The van der Waals surface area contributed by atoms with Gasteiger partial charge in [0.25, 0.3) is 11.8 Å². The van der Waals surface area contributed by atoms with E-state index in [1.54, 1.807) is 49.6 Å². The molecule has 3 aromatic carbocycles. The highest BCUT2D eigenvalue weighted by molar-refractivity contribution is 5.96. The second-order valence-corrected chi connectivity index (χ2v) is 7.87. The molecule has 0 aliphatic rings. The van der Waals surface area contributed by atoms with Crippen molar-refractivity contribution in [1.29, 1.82) is 0 Å². The molecule has 2 N–H and O–H groups in total. The van der Waals surface area contributed by atoms with E-state index >= 15 is 0 Å². The fourth-order valence-electron chi connectivity index (χ4n) is 3.24. The van der Waals surface area contributed by atoms with E-state index in [1.165, 1.54) is 0 Å². The van der Waals surface area contributed by atoms with Gasteiger partial charge in [-0.25, -0.2) is 0 Å². The molecule has 3 aromatic rings. The molecule has 6 heteroatoms. The van der Waals surface area contributed by atoms with Crippen LogP contribution in [-0.4, -0.2) is 25.5 Å². The number of benzene rings is 3. The first-order valence-electron chi connectivity index (χ1n) is 11.0. The van der Waals surface area contributed by atoms with Gasteiger partial charge in [0.15, 0.2) is 11.5 Å². The molecule has 0 aliphatic carbocycles. The van der Waals surface area contributed by atoms with Crippen LogP contribution >= 0.6 is 0 Å². The smallest absolute Gasteiger partial charge is 0.253 e. The zero-order valence-electron chi connectivity index (χ0n) is 19.5. The summed E-state index contributed by atoms with van der Waals surface area (Å²) in [5.41, 5.74) is 3.80. The molecule has 0 saturated carbocycles. The van der Waals surface area contributed by atoms with Crippen LogP contribution in [-0.2, 0) is 0 Å². The highest BCUT2D eigenvalue weighted by Gasteiger charge is 2.21. The second-order valence-electron chi connectivity index (χ2n) is 7.87. The lowest BCUT2D eigenvalue weighted by Crippen LogP contribution is -2.41. The lowest BCUT2D eigenvalue weighted by molar-refractivity contribution is 0.0883. The predicted molar refractivity (Wildman–Crippen MR) is 129 cm³/mol. The average molecular weight is 447 g/mol. The fourth-order valence-corrected chi connectivity index (χ4v) is 3.24. The number of carbonyl (C=O) groups excluding carboxylic acids is 2. The van der Waals surface area contributed by atoms with E-state index in [4.69, 9.17) is 9.47 Å². The van der Waals surface area contributed by atoms with Crippen LogP contribution in [0.5, 0.6) is 11.5 Å². The van der Waals surface area contributed by atoms with Crippen molar-refractivity contribution < 1.29 is 19.1 Å². The van der Waals surface area contributed by atoms with Gasteiger partial charge < -0.3 is 20.1 Å². The summed E-state index contributed by atoms with van der Waals surface area (Å²) in [6.45, 7) is 6.46. The molecule has 33 heavy (non-hydrogen) atoms. The standard InChI is InChI=1S/C27H30N2O4/c1-5-16-33-24-17-22(14-15-23(24)32-4)25(28-26(30)20-10-6-18(2)7-11-20)29-27(31)21-12-8-19(3)9-13-21/h6-15,17,25H,5,16H2,1-4H3,(H,28,30)(H,29,31). The van der Waals surface area contributed by atoms with Crippen LogP contribution in [0.25, 0.3) is 0 Å². The third-order valence-corrected chi connectivity index (χ3v) is 5.16. The molecular weight excluding hydrogens is 416 g/mol. The highest BCUT2D eigenvalue weighted by atomic mass is 16.5. The van der Waals surface area contributed by atoms with Gasteiger partial charge in [-0.3, -0.25) is 9.59 Å². The van der Waals surface area contributed by atoms with Gasteiger partial charge in [0.2, 0.25) is 0 Å². The minimum Gasteiger partial charge on any atom is -0.493 e. The van der Waals surface area contributed by atoms with Gasteiger partial charge in [0.05, 0.1) is 13.7 Å². The Balaban J connectivity index is 1.91. The first kappa shape index (κ1) is 23.9. The maximum Gasteiger partial charge on any atom is 0.253 e. The molecular formula is C27H30N2O4. The van der Waals surface area contributed by atoms with Crippen LogP contribution in [0, 0.1) is 13.8 Å². The molecule has 0 radical (unpaired) electrons. The van der Waals surface area contributed by atoms with Gasteiger partial charge in [-0.05, 0) is 62.2 Å². The van der Waals surface area contributed by atoms with E-state index in [9.17, 15) is 9.59 Å². The Morgan fingerprint density at radius 3 is 1.76 bits per heavy atom. The Kier molecular flexibility index (Phi) is 8.08. The van der Waals surface area contributed by atoms with Crippen LogP contribution < -0.4 is 20.1 Å². The molecule has 2 amide bonds. The third kappa shape index (κ3) is 6.35. The Bertz CT molecular complexity index is 1030. The third-order valence-electron chi connectivity index (χ3n) is 5.16. The van der Waals surface area contributed by atoms with Gasteiger partial charge in [-0.2, -0.15) is 0 Å². The maximum atomic E-state index is 13.0. The molecule has 0 unspecified atom stereocenters. The summed E-state index contributed by atoms with van der Waals surface area (Å²) in [7, 11) is 1.57. The molecule has 0 saturated heterocycles. The van der Waals surface area contributed by atoms with Crippen molar-refractivity contribution in [3.05, 3.63) is 94.5 Å². The monoisotopic (exact) mass is 446 g/mol. The number of hydrogen-bond acceptors (Lipinski definition) is 4. The topological polar surface area (TPSA) is 76.7 Å². The molecule has 0 spiro atoms. The van der Waals surface area contributed by atoms with Crippen LogP contribution in [0.1, 0.15) is 56.9 Å². The second kappa shape index (κ2) is 11.2. The van der Waals surface area contributed by atoms with E-state index in [2.05, 4.69) is 10.6 Å². The van der Waals surface area contributed by atoms with Gasteiger partial charge in [0, 0.05) is 11.1 Å². The molecule has 6 nitrogen and oxygen atoms in total. The van der Waals surface area contributed by atoms with Gasteiger partial charge in [-0.15, -0.1) is 0 Å². The van der Waals surface area contributed by atoms with Gasteiger partial charge in [0.1, 0.15) is 6.17 Å². The van der Waals surface area contributed by atoms with E-state index in [1.807, 2.05) is 45.0 Å². The molecule has 0 aromatic heterocycles. The summed E-state index contributed by atoms with van der Waals surface area (Å²) in [6, 6.07) is 19.9. The minimum atomic E-state index is -0.775. The summed E-state index contributed by atoms with van der Waals surface area (Å²) in [6.07, 6.45) is 0.0629. The SMILES string of the molecule is CCCOc1cc(C(NC(=O)c2ccc(C)cc2)NC(=O)c2ccc(C)cc2)ccc1OC. The van der Waals surface area contributed by atoms with Crippen LogP contribution in [0.2, 0.25) is 0 Å². The normalized spacial score (nSPS) is 10.6. The lowest BCUT2D eigenvalue weighted by Gasteiger charge is -2.22. The summed E-state index contributed by atoms with van der Waals surface area (Å²) in [5, 5.41) is 5.87. The van der Waals surface area contributed by atoms with Crippen LogP contribution in [0.15, 0.2) is 66.7 Å². The lowest BCUT2D eigenvalue weighted by atomic mass is 10.1. The Morgan fingerprint density at radius 2 is 1.30 bits per heavy atom. The minimum absolute atomic E-state index is 0.295. The van der Waals surface area contributed by atoms with E-state index in [-0.39, 0.29) is 11.8 Å². The first-order valence-corrected chi connectivity index (χ1v) is 11.0. The number of rotatable bonds is 9. The van der Waals surface area contributed by atoms with Crippen molar-refractivity contribution in [2.45, 2.75) is 33.4 Å². The largest absolute Gasteiger partial charge is 0.493 e. The number of methoxy groups -OCH3 is 1. The van der Waals surface area contributed by atoms with Crippen molar-refractivity contribution in [3.8, 4) is 11.5 Å². The zero-order chi connectivity index (χ0) is 23.8. The molecule has 172 valence electrons. The summed E-state index contributed by atoms with van der Waals surface area (Å²) in [5.74, 6) is 0.545. The molecule has 0 fully saturated rings. The van der Waals surface area contributed by atoms with Crippen LogP contribution in [0.4, 0.5) is 0 Å². The summed E-state index contributed by atoms with van der Waals surface area (Å²) >= 11 is 0. The molecule has 0 bridgehead atoms. The average Bonchev–Trinajstić information content (AvgIpc) is 2.82. The molecule has 0 atom stereocenters. The molecule has 3 rings (SSSR count). The van der Waals surface area contributed by atoms with E-state index in [0.717, 1.165) is 17.5 Å².